The van der Waals surface area contributed by atoms with Crippen molar-refractivity contribution in [1.29, 1.82) is 0 Å². The van der Waals surface area contributed by atoms with Gasteiger partial charge in [-0.3, -0.25) is 0 Å². The highest BCUT2D eigenvalue weighted by atomic mass is 79.9. The summed E-state index contributed by atoms with van der Waals surface area (Å²) in [4.78, 5) is 0.382. The monoisotopic (exact) mass is 345 g/mol. The number of nitrogens with two attached hydrogens (primary N) is 1. The molecule has 1 aliphatic carbocycles. The quantitative estimate of drug-likeness (QED) is 0.848. The van der Waals surface area contributed by atoms with Gasteiger partial charge in [0.15, 0.2) is 9.84 Å². The number of hydrogen-bond donors (Lipinski definition) is 1. The van der Waals surface area contributed by atoms with E-state index in [9.17, 15) is 8.42 Å². The van der Waals surface area contributed by atoms with E-state index >= 15 is 0 Å². The van der Waals surface area contributed by atoms with E-state index in [-0.39, 0.29) is 11.2 Å². The first-order valence-electron chi connectivity index (χ1n) is 6.75. The lowest BCUT2D eigenvalue weighted by Crippen LogP contribution is -2.32. The molecule has 0 saturated heterocycles. The molecule has 2 atom stereocenters. The third kappa shape index (κ3) is 2.97. The van der Waals surface area contributed by atoms with Crippen LogP contribution in [0.15, 0.2) is 27.6 Å². The fourth-order valence-corrected chi connectivity index (χ4v) is 6.26. The van der Waals surface area contributed by atoms with Gasteiger partial charge in [0.25, 0.3) is 0 Å². The molecule has 1 aromatic rings. The number of hydrogen-bond acceptors (Lipinski definition) is 3. The Hall–Kier alpha value is -0.550. The molecule has 2 unspecified atom stereocenters. The molecular weight excluding hydrogens is 326 g/mol. The minimum Gasteiger partial charge on any atom is -0.399 e. The highest BCUT2D eigenvalue weighted by molar-refractivity contribution is 9.10. The summed E-state index contributed by atoms with van der Waals surface area (Å²) < 4.78 is 26.2. The molecular formula is C14H20BrNO2S. The molecule has 1 saturated carbocycles. The lowest BCUT2D eigenvalue weighted by atomic mass is 9.87. The van der Waals surface area contributed by atoms with Crippen LogP contribution >= 0.6 is 15.9 Å². The first-order valence-corrected chi connectivity index (χ1v) is 9.09. The van der Waals surface area contributed by atoms with Crippen molar-refractivity contribution >= 4 is 31.5 Å². The molecule has 0 aliphatic heterocycles. The van der Waals surface area contributed by atoms with Crippen molar-refractivity contribution in [3.8, 4) is 0 Å². The van der Waals surface area contributed by atoms with E-state index in [1.807, 2.05) is 0 Å². The molecule has 3 nitrogen and oxygen atoms in total. The van der Waals surface area contributed by atoms with Gasteiger partial charge >= 0.3 is 0 Å². The van der Waals surface area contributed by atoms with E-state index in [0.717, 1.165) is 32.1 Å². The summed E-state index contributed by atoms with van der Waals surface area (Å²) in [5, 5.41) is -0.244. The van der Waals surface area contributed by atoms with E-state index in [0.29, 0.717) is 15.1 Å². The van der Waals surface area contributed by atoms with Crippen LogP contribution in [0.25, 0.3) is 0 Å². The summed E-state index contributed by atoms with van der Waals surface area (Å²) in [5.74, 6) is 0.281. The van der Waals surface area contributed by atoms with Crippen molar-refractivity contribution in [2.45, 2.75) is 49.2 Å². The van der Waals surface area contributed by atoms with Gasteiger partial charge in [-0.1, -0.05) is 26.2 Å². The zero-order chi connectivity index (χ0) is 14.0. The summed E-state index contributed by atoms with van der Waals surface area (Å²) in [6.07, 6.45) is 4.88. The average molecular weight is 346 g/mol. The van der Waals surface area contributed by atoms with E-state index in [4.69, 9.17) is 5.73 Å². The number of benzene rings is 1. The summed E-state index contributed by atoms with van der Waals surface area (Å²) in [6, 6.07) is 4.94. The average Bonchev–Trinajstić information content (AvgIpc) is 2.38. The Kier molecular flexibility index (Phi) is 4.56. The fraction of sp³-hybridized carbons (Fsp3) is 0.571. The molecule has 1 aliphatic rings. The summed E-state index contributed by atoms with van der Waals surface area (Å²) in [5.41, 5.74) is 6.25. The van der Waals surface area contributed by atoms with Crippen molar-refractivity contribution in [2.75, 3.05) is 5.73 Å². The minimum atomic E-state index is -3.27. The van der Waals surface area contributed by atoms with Gasteiger partial charge < -0.3 is 5.73 Å². The Morgan fingerprint density at radius 1 is 1.32 bits per heavy atom. The third-order valence-electron chi connectivity index (χ3n) is 4.02. The zero-order valence-corrected chi connectivity index (χ0v) is 13.5. The van der Waals surface area contributed by atoms with Crippen molar-refractivity contribution in [1.82, 2.24) is 0 Å². The Morgan fingerprint density at radius 2 is 2.00 bits per heavy atom. The van der Waals surface area contributed by atoms with Gasteiger partial charge in [0.05, 0.1) is 10.1 Å². The van der Waals surface area contributed by atoms with Gasteiger partial charge in [-0.2, -0.15) is 0 Å². The predicted octanol–water partition coefficient (Wildman–Crippen LogP) is 3.77. The predicted molar refractivity (Wildman–Crippen MR) is 81.8 cm³/mol. The second-order valence-corrected chi connectivity index (χ2v) is 8.22. The fourth-order valence-electron chi connectivity index (χ4n) is 2.96. The number of halogens is 1. The lowest BCUT2D eigenvalue weighted by molar-refractivity contribution is 0.348. The second-order valence-electron chi connectivity index (χ2n) is 5.23. The third-order valence-corrected chi connectivity index (χ3v) is 7.33. The van der Waals surface area contributed by atoms with Crippen LogP contribution in [-0.4, -0.2) is 13.7 Å². The van der Waals surface area contributed by atoms with Crippen LogP contribution < -0.4 is 5.73 Å². The number of nitrogen functional groups attached to an aromatic ring is 1. The molecule has 0 heterocycles. The molecule has 0 bridgehead atoms. The smallest absolute Gasteiger partial charge is 0.182 e. The highest BCUT2D eigenvalue weighted by Crippen LogP contribution is 2.37. The van der Waals surface area contributed by atoms with Crippen LogP contribution in [0.4, 0.5) is 5.69 Å². The number of anilines is 1. The molecule has 106 valence electrons. The van der Waals surface area contributed by atoms with Gasteiger partial charge in [-0.05, 0) is 52.9 Å². The molecule has 19 heavy (non-hydrogen) atoms. The standard InChI is InChI=1S/C14H20BrNO2S/c1-2-10-5-3-4-6-13(10)19(17,18)14-8-7-11(16)9-12(14)15/h7-10,13H,2-6,16H2,1H3. The molecule has 1 aromatic carbocycles. The Bertz CT molecular complexity index is 557. The van der Waals surface area contributed by atoms with Crippen LogP contribution in [0, 0.1) is 5.92 Å². The Labute approximate surface area is 123 Å². The molecule has 1 fully saturated rings. The molecule has 0 spiro atoms. The van der Waals surface area contributed by atoms with Gasteiger partial charge in [-0.15, -0.1) is 0 Å². The van der Waals surface area contributed by atoms with Crippen molar-refractivity contribution in [3.63, 3.8) is 0 Å². The Morgan fingerprint density at radius 3 is 2.63 bits per heavy atom. The van der Waals surface area contributed by atoms with Crippen LogP contribution in [-0.2, 0) is 9.84 Å². The molecule has 0 aromatic heterocycles. The summed E-state index contributed by atoms with van der Waals surface area (Å²) >= 11 is 3.33. The van der Waals surface area contributed by atoms with E-state index in [1.54, 1.807) is 18.2 Å². The van der Waals surface area contributed by atoms with Crippen LogP contribution in [0.1, 0.15) is 39.0 Å². The molecule has 2 rings (SSSR count). The van der Waals surface area contributed by atoms with Crippen LogP contribution in [0.5, 0.6) is 0 Å². The van der Waals surface area contributed by atoms with Crippen LogP contribution in [0.2, 0.25) is 0 Å². The van der Waals surface area contributed by atoms with E-state index in [1.165, 1.54) is 0 Å². The van der Waals surface area contributed by atoms with Gasteiger partial charge in [0, 0.05) is 10.2 Å². The maximum atomic E-state index is 12.8. The maximum absolute atomic E-state index is 12.8. The topological polar surface area (TPSA) is 60.2 Å². The normalized spacial score (nSPS) is 24.3. The minimum absolute atomic E-state index is 0.244. The molecule has 5 heteroatoms. The number of sulfone groups is 1. The molecule has 0 radical (unpaired) electrons. The first kappa shape index (κ1) is 14.9. The van der Waals surface area contributed by atoms with Crippen LogP contribution in [0.3, 0.4) is 0 Å². The largest absolute Gasteiger partial charge is 0.399 e. The van der Waals surface area contributed by atoms with E-state index in [2.05, 4.69) is 22.9 Å². The van der Waals surface area contributed by atoms with Crippen molar-refractivity contribution in [2.24, 2.45) is 5.92 Å². The summed E-state index contributed by atoms with van der Waals surface area (Å²) in [7, 11) is -3.27. The highest BCUT2D eigenvalue weighted by Gasteiger charge is 2.36. The van der Waals surface area contributed by atoms with Crippen molar-refractivity contribution < 1.29 is 8.42 Å². The van der Waals surface area contributed by atoms with Gasteiger partial charge in [0.1, 0.15) is 0 Å². The lowest BCUT2D eigenvalue weighted by Gasteiger charge is -2.30. The SMILES string of the molecule is CCC1CCCCC1S(=O)(=O)c1ccc(N)cc1Br. The van der Waals surface area contributed by atoms with Crippen molar-refractivity contribution in [3.05, 3.63) is 22.7 Å². The first-order chi connectivity index (χ1) is 8.96. The second kappa shape index (κ2) is 5.83. The molecule has 0 amide bonds. The Balaban J connectivity index is 2.40. The summed E-state index contributed by atoms with van der Waals surface area (Å²) in [6.45, 7) is 2.08. The van der Waals surface area contributed by atoms with Gasteiger partial charge in [-0.25, -0.2) is 8.42 Å². The van der Waals surface area contributed by atoms with Gasteiger partial charge in [0.2, 0.25) is 0 Å². The number of rotatable bonds is 3. The maximum Gasteiger partial charge on any atom is 0.182 e. The molecule has 2 N–H and O–H groups in total. The zero-order valence-electron chi connectivity index (χ0n) is 11.1. The van der Waals surface area contributed by atoms with E-state index < -0.39 is 9.84 Å².